The van der Waals surface area contributed by atoms with Gasteiger partial charge in [0.2, 0.25) is 0 Å². The molecule has 1 saturated heterocycles. The number of benzene rings is 2. The molecule has 0 unspecified atom stereocenters. The Hall–Kier alpha value is -3.36. The molecule has 2 aromatic carbocycles. The summed E-state index contributed by atoms with van der Waals surface area (Å²) < 4.78 is 62.4. The zero-order chi connectivity index (χ0) is 22.7. The van der Waals surface area contributed by atoms with Crippen LogP contribution in [0.1, 0.15) is 40.5 Å². The van der Waals surface area contributed by atoms with Crippen molar-refractivity contribution in [2.75, 3.05) is 7.11 Å². The molecule has 0 radical (unpaired) electrons. The summed E-state index contributed by atoms with van der Waals surface area (Å²) in [5, 5.41) is 4.54. The largest absolute Gasteiger partial charge is 0.494 e. The molecule has 5 rings (SSSR count). The third-order valence-electron chi connectivity index (χ3n) is 6.34. The van der Waals surface area contributed by atoms with Gasteiger partial charge in [-0.25, -0.2) is 17.6 Å². The van der Waals surface area contributed by atoms with Crippen molar-refractivity contribution in [1.29, 1.82) is 0 Å². The summed E-state index contributed by atoms with van der Waals surface area (Å²) in [5.41, 5.74) is 1.95. The number of carbonyl (C=O) groups excluding carboxylic acids is 1. The van der Waals surface area contributed by atoms with Crippen LogP contribution in [0.4, 0.5) is 17.6 Å². The average molecular weight is 445 g/mol. The lowest BCUT2D eigenvalue weighted by Crippen LogP contribution is -2.42. The molecule has 3 aromatic rings. The monoisotopic (exact) mass is 445 g/mol. The molecule has 1 aromatic heterocycles. The SMILES string of the molecule is COc1cccc(C(=O)N2[C@@H]3CC[C@H]2c2nn(C)c(-c4cc(F)c(F)c(F)c4)c2C3)c1F. The van der Waals surface area contributed by atoms with E-state index in [0.29, 0.717) is 30.7 Å². The number of hydrogen-bond donors (Lipinski definition) is 0. The number of methoxy groups -OCH3 is 1. The standard InChI is InChI=1S/C23H19F4N3O2/c1-29-22(11-8-15(24)20(27)16(25)9-11)14-10-12-6-7-17(21(14)28-29)30(12)23(31)13-4-3-5-18(32-2)19(13)26/h3-5,8-9,12,17H,6-7,10H2,1-2H3/t12-,17+/m1/s1. The lowest BCUT2D eigenvalue weighted by atomic mass is 9.94. The molecule has 9 heteroatoms. The minimum Gasteiger partial charge on any atom is -0.494 e. The number of aromatic nitrogens is 2. The summed E-state index contributed by atoms with van der Waals surface area (Å²) in [6.45, 7) is 0. The number of rotatable bonds is 3. The molecule has 2 aliphatic rings. The highest BCUT2D eigenvalue weighted by Crippen LogP contribution is 2.47. The van der Waals surface area contributed by atoms with Gasteiger partial charge in [-0.2, -0.15) is 5.10 Å². The predicted octanol–water partition coefficient (Wildman–Crippen LogP) is 4.55. The Balaban J connectivity index is 1.57. The predicted molar refractivity (Wildman–Crippen MR) is 107 cm³/mol. The molecule has 2 bridgehead atoms. The van der Waals surface area contributed by atoms with E-state index < -0.39 is 35.2 Å². The van der Waals surface area contributed by atoms with Crippen molar-refractivity contribution in [3.8, 4) is 17.0 Å². The van der Waals surface area contributed by atoms with Crippen LogP contribution < -0.4 is 4.74 Å². The van der Waals surface area contributed by atoms with Crippen molar-refractivity contribution >= 4 is 5.91 Å². The summed E-state index contributed by atoms with van der Waals surface area (Å²) in [6, 6.07) is 5.70. The maximum atomic E-state index is 14.8. The minimum atomic E-state index is -1.53. The van der Waals surface area contributed by atoms with Crippen LogP contribution in [0.5, 0.6) is 5.75 Å². The van der Waals surface area contributed by atoms with E-state index in [2.05, 4.69) is 5.10 Å². The first kappa shape index (κ1) is 20.5. The first-order valence-electron chi connectivity index (χ1n) is 10.2. The molecule has 5 nitrogen and oxygen atoms in total. The Morgan fingerprint density at radius 2 is 1.81 bits per heavy atom. The Labute approximate surface area is 181 Å². The zero-order valence-electron chi connectivity index (χ0n) is 17.3. The second-order valence-electron chi connectivity index (χ2n) is 8.08. The average Bonchev–Trinajstić information content (AvgIpc) is 3.27. The maximum Gasteiger partial charge on any atom is 0.257 e. The molecule has 0 saturated carbocycles. The minimum absolute atomic E-state index is 0.0126. The second-order valence-corrected chi connectivity index (χ2v) is 8.08. The van der Waals surface area contributed by atoms with E-state index >= 15 is 0 Å². The highest BCUT2D eigenvalue weighted by molar-refractivity contribution is 5.96. The van der Waals surface area contributed by atoms with Crippen LogP contribution in [0, 0.1) is 23.3 Å². The van der Waals surface area contributed by atoms with Crippen molar-refractivity contribution in [3.05, 3.63) is 70.4 Å². The van der Waals surface area contributed by atoms with Crippen LogP contribution in [0.15, 0.2) is 30.3 Å². The van der Waals surface area contributed by atoms with Gasteiger partial charge in [-0.3, -0.25) is 9.48 Å². The Bertz CT molecular complexity index is 1230. The van der Waals surface area contributed by atoms with E-state index in [1.165, 1.54) is 23.9 Å². The van der Waals surface area contributed by atoms with Crippen molar-refractivity contribution in [2.24, 2.45) is 7.05 Å². The fourth-order valence-electron chi connectivity index (χ4n) is 4.98. The number of carbonyl (C=O) groups is 1. The Morgan fingerprint density at radius 1 is 1.09 bits per heavy atom. The van der Waals surface area contributed by atoms with Crippen LogP contribution in [-0.4, -0.2) is 33.7 Å². The van der Waals surface area contributed by atoms with Crippen molar-refractivity contribution in [3.63, 3.8) is 0 Å². The maximum absolute atomic E-state index is 14.8. The van der Waals surface area contributed by atoms with Crippen LogP contribution in [0.25, 0.3) is 11.3 Å². The van der Waals surface area contributed by atoms with Gasteiger partial charge < -0.3 is 9.64 Å². The Morgan fingerprint density at radius 3 is 2.50 bits per heavy atom. The molecule has 3 heterocycles. The molecule has 32 heavy (non-hydrogen) atoms. The van der Waals surface area contributed by atoms with Crippen molar-refractivity contribution in [2.45, 2.75) is 31.3 Å². The number of nitrogens with zero attached hydrogens (tertiary/aromatic N) is 3. The molecule has 2 atom stereocenters. The molecule has 0 N–H and O–H groups in total. The summed E-state index contributed by atoms with van der Waals surface area (Å²) >= 11 is 0. The topological polar surface area (TPSA) is 47.4 Å². The van der Waals surface area contributed by atoms with E-state index in [4.69, 9.17) is 4.74 Å². The number of amides is 1. The highest BCUT2D eigenvalue weighted by atomic mass is 19.2. The first-order valence-corrected chi connectivity index (χ1v) is 10.2. The van der Waals surface area contributed by atoms with Crippen LogP contribution in [0.2, 0.25) is 0 Å². The van der Waals surface area contributed by atoms with Gasteiger partial charge >= 0.3 is 0 Å². The molecule has 166 valence electrons. The molecule has 2 aliphatic heterocycles. The highest BCUT2D eigenvalue weighted by Gasteiger charge is 2.46. The number of hydrogen-bond acceptors (Lipinski definition) is 3. The zero-order valence-corrected chi connectivity index (χ0v) is 17.3. The number of halogens is 4. The normalized spacial score (nSPS) is 19.2. The van der Waals surface area contributed by atoms with E-state index in [9.17, 15) is 22.4 Å². The number of ether oxygens (including phenoxy) is 1. The third kappa shape index (κ3) is 2.91. The third-order valence-corrected chi connectivity index (χ3v) is 6.34. The van der Waals surface area contributed by atoms with Crippen molar-refractivity contribution < 1.29 is 27.1 Å². The summed E-state index contributed by atoms with van der Waals surface area (Å²) in [7, 11) is 2.97. The lowest BCUT2D eigenvalue weighted by molar-refractivity contribution is 0.0637. The molecule has 1 fully saturated rings. The molecule has 1 amide bonds. The van der Waals surface area contributed by atoms with Crippen LogP contribution in [-0.2, 0) is 13.5 Å². The van der Waals surface area contributed by atoms with Gasteiger partial charge in [0, 0.05) is 24.2 Å². The van der Waals surface area contributed by atoms with E-state index in [1.807, 2.05) is 0 Å². The fourth-order valence-corrected chi connectivity index (χ4v) is 4.98. The van der Waals surface area contributed by atoms with E-state index in [0.717, 1.165) is 17.7 Å². The summed E-state index contributed by atoms with van der Waals surface area (Å²) in [6.07, 6.45) is 1.72. The quantitative estimate of drug-likeness (QED) is 0.439. The fraction of sp³-hybridized carbons (Fsp3) is 0.304. The lowest BCUT2D eigenvalue weighted by Gasteiger charge is -2.34. The van der Waals surface area contributed by atoms with Crippen LogP contribution in [0.3, 0.4) is 0 Å². The molecule has 0 spiro atoms. The summed E-state index contributed by atoms with van der Waals surface area (Å²) in [5.74, 6) is -5.27. The summed E-state index contributed by atoms with van der Waals surface area (Å²) in [4.78, 5) is 14.9. The van der Waals surface area contributed by atoms with Gasteiger partial charge in [0.15, 0.2) is 29.0 Å². The van der Waals surface area contributed by atoms with Crippen LogP contribution >= 0.6 is 0 Å². The van der Waals surface area contributed by atoms with Gasteiger partial charge in [0.1, 0.15) is 0 Å². The second kappa shape index (κ2) is 7.36. The van der Waals surface area contributed by atoms with Gasteiger partial charge in [0.05, 0.1) is 30.1 Å². The van der Waals surface area contributed by atoms with E-state index in [-0.39, 0.29) is 22.9 Å². The van der Waals surface area contributed by atoms with Gasteiger partial charge in [-0.15, -0.1) is 0 Å². The Kier molecular flexibility index (Phi) is 4.72. The number of aryl methyl sites for hydroxylation is 1. The first-order chi connectivity index (χ1) is 15.3. The molecular formula is C23H19F4N3O2. The molecule has 0 aliphatic carbocycles. The smallest absolute Gasteiger partial charge is 0.257 e. The number of fused-ring (bicyclic) bond motifs is 4. The van der Waals surface area contributed by atoms with E-state index in [1.54, 1.807) is 18.0 Å². The van der Waals surface area contributed by atoms with Crippen molar-refractivity contribution in [1.82, 2.24) is 14.7 Å². The van der Waals surface area contributed by atoms with Gasteiger partial charge in [0.25, 0.3) is 5.91 Å². The molecular weight excluding hydrogens is 426 g/mol. The van der Waals surface area contributed by atoms with Gasteiger partial charge in [-0.05, 0) is 43.5 Å². The van der Waals surface area contributed by atoms with Gasteiger partial charge in [-0.1, -0.05) is 6.07 Å².